The van der Waals surface area contributed by atoms with Crippen LogP contribution in [0.5, 0.6) is 0 Å². The third kappa shape index (κ3) is 0.901. The van der Waals surface area contributed by atoms with Crippen molar-refractivity contribution in [1.29, 1.82) is 0 Å². The molecule has 3 rings (SSSR count). The normalized spacial score (nSPS) is 31.8. The Hall–Kier alpha value is -0.860. The number of fused-ring (bicyclic) bond motifs is 5. The highest BCUT2D eigenvalue weighted by atomic mass is 16.5. The SMILES string of the molecule is CN1C2COCC1c1ccccc12. The van der Waals surface area contributed by atoms with E-state index in [9.17, 15) is 0 Å². The van der Waals surface area contributed by atoms with Crippen LogP contribution in [0.25, 0.3) is 0 Å². The number of hydrogen-bond donors (Lipinski definition) is 0. The van der Waals surface area contributed by atoms with E-state index < -0.39 is 0 Å². The molecule has 13 heavy (non-hydrogen) atoms. The minimum Gasteiger partial charge on any atom is -0.377 e. The summed E-state index contributed by atoms with van der Waals surface area (Å²) in [6.07, 6.45) is 0. The zero-order valence-corrected chi connectivity index (χ0v) is 7.73. The summed E-state index contributed by atoms with van der Waals surface area (Å²) in [5.41, 5.74) is 2.93. The maximum Gasteiger partial charge on any atom is 0.0664 e. The molecule has 0 N–H and O–H groups in total. The summed E-state index contributed by atoms with van der Waals surface area (Å²) in [5.74, 6) is 0. The Morgan fingerprint density at radius 3 is 2.23 bits per heavy atom. The molecule has 68 valence electrons. The lowest BCUT2D eigenvalue weighted by Gasteiger charge is -2.31. The number of benzene rings is 1. The molecule has 0 saturated carbocycles. The minimum absolute atomic E-state index is 0.495. The highest BCUT2D eigenvalue weighted by molar-refractivity contribution is 5.38. The molecule has 0 aliphatic carbocycles. The van der Waals surface area contributed by atoms with Gasteiger partial charge in [0, 0.05) is 0 Å². The second-order valence-corrected chi connectivity index (χ2v) is 3.86. The maximum atomic E-state index is 5.57. The summed E-state index contributed by atoms with van der Waals surface area (Å²) in [6.45, 7) is 1.70. The number of morpholine rings is 1. The first-order valence-electron chi connectivity index (χ1n) is 4.76. The molecular formula is C11H13NO. The van der Waals surface area contributed by atoms with Crippen molar-refractivity contribution in [1.82, 2.24) is 4.90 Å². The van der Waals surface area contributed by atoms with Crippen LogP contribution in [0.3, 0.4) is 0 Å². The van der Waals surface area contributed by atoms with Gasteiger partial charge in [0.05, 0.1) is 25.3 Å². The Morgan fingerprint density at radius 2 is 1.69 bits per heavy atom. The fraction of sp³-hybridized carbons (Fsp3) is 0.455. The summed E-state index contributed by atoms with van der Waals surface area (Å²) >= 11 is 0. The molecule has 0 amide bonds. The van der Waals surface area contributed by atoms with E-state index in [1.54, 1.807) is 0 Å². The van der Waals surface area contributed by atoms with Gasteiger partial charge in [-0.2, -0.15) is 0 Å². The van der Waals surface area contributed by atoms with E-state index in [0.717, 1.165) is 13.2 Å². The molecule has 0 radical (unpaired) electrons. The van der Waals surface area contributed by atoms with Crippen molar-refractivity contribution in [2.24, 2.45) is 0 Å². The maximum absolute atomic E-state index is 5.57. The highest BCUT2D eigenvalue weighted by Crippen LogP contribution is 2.43. The van der Waals surface area contributed by atoms with E-state index in [2.05, 4.69) is 36.2 Å². The zero-order valence-electron chi connectivity index (χ0n) is 7.73. The van der Waals surface area contributed by atoms with Gasteiger partial charge in [-0.05, 0) is 18.2 Å². The van der Waals surface area contributed by atoms with Gasteiger partial charge in [-0.15, -0.1) is 0 Å². The van der Waals surface area contributed by atoms with Gasteiger partial charge >= 0.3 is 0 Å². The van der Waals surface area contributed by atoms with Crippen LogP contribution in [0.1, 0.15) is 23.2 Å². The Morgan fingerprint density at radius 1 is 1.15 bits per heavy atom. The first-order valence-corrected chi connectivity index (χ1v) is 4.76. The highest BCUT2D eigenvalue weighted by Gasteiger charge is 2.38. The number of hydrogen-bond acceptors (Lipinski definition) is 2. The number of ether oxygens (including phenoxy) is 1. The lowest BCUT2D eigenvalue weighted by atomic mass is 10.0. The molecule has 2 bridgehead atoms. The Bertz CT molecular complexity index is 306. The molecule has 2 aliphatic rings. The largest absolute Gasteiger partial charge is 0.377 e. The second kappa shape index (κ2) is 2.56. The van der Waals surface area contributed by atoms with Gasteiger partial charge in [0.25, 0.3) is 0 Å². The van der Waals surface area contributed by atoms with Crippen molar-refractivity contribution in [3.05, 3.63) is 35.4 Å². The van der Waals surface area contributed by atoms with E-state index >= 15 is 0 Å². The van der Waals surface area contributed by atoms with E-state index in [0.29, 0.717) is 12.1 Å². The van der Waals surface area contributed by atoms with Crippen LogP contribution in [-0.2, 0) is 4.74 Å². The van der Waals surface area contributed by atoms with Crippen LogP contribution in [0.4, 0.5) is 0 Å². The molecule has 0 spiro atoms. The summed E-state index contributed by atoms with van der Waals surface area (Å²) in [4.78, 5) is 2.42. The molecule has 1 saturated heterocycles. The Kier molecular flexibility index (Phi) is 1.49. The molecule has 1 aromatic rings. The first kappa shape index (κ1) is 7.54. The number of likely N-dealkylation sites (N-methyl/N-ethyl adjacent to an activating group) is 1. The molecule has 2 heterocycles. The molecule has 2 unspecified atom stereocenters. The standard InChI is InChI=1S/C11H13NO/c1-12-10-6-13-7-11(12)9-5-3-2-4-8(9)10/h2-5,10-11H,6-7H2,1H3. The molecule has 2 aliphatic heterocycles. The van der Waals surface area contributed by atoms with Gasteiger partial charge in [-0.3, -0.25) is 4.90 Å². The average molecular weight is 175 g/mol. The first-order chi connectivity index (χ1) is 6.38. The summed E-state index contributed by atoms with van der Waals surface area (Å²) < 4.78 is 5.57. The van der Waals surface area contributed by atoms with E-state index in [4.69, 9.17) is 4.74 Å². The summed E-state index contributed by atoms with van der Waals surface area (Å²) in [7, 11) is 2.19. The fourth-order valence-electron chi connectivity index (χ4n) is 2.48. The van der Waals surface area contributed by atoms with E-state index in [1.165, 1.54) is 11.1 Å². The van der Waals surface area contributed by atoms with Crippen LogP contribution >= 0.6 is 0 Å². The third-order valence-electron chi connectivity index (χ3n) is 3.25. The van der Waals surface area contributed by atoms with Crippen molar-refractivity contribution < 1.29 is 4.74 Å². The van der Waals surface area contributed by atoms with Crippen molar-refractivity contribution >= 4 is 0 Å². The zero-order chi connectivity index (χ0) is 8.84. The van der Waals surface area contributed by atoms with Crippen LogP contribution in [0.15, 0.2) is 24.3 Å². The Labute approximate surface area is 78.1 Å². The van der Waals surface area contributed by atoms with Crippen molar-refractivity contribution in [2.45, 2.75) is 12.1 Å². The van der Waals surface area contributed by atoms with Crippen LogP contribution in [0.2, 0.25) is 0 Å². The van der Waals surface area contributed by atoms with Gasteiger partial charge < -0.3 is 4.74 Å². The Balaban J connectivity index is 2.17. The quantitative estimate of drug-likeness (QED) is 0.595. The predicted octanol–water partition coefficient (Wildman–Crippen LogP) is 1.74. The minimum atomic E-state index is 0.495. The van der Waals surface area contributed by atoms with E-state index in [1.807, 2.05) is 0 Å². The molecular weight excluding hydrogens is 162 g/mol. The van der Waals surface area contributed by atoms with Gasteiger partial charge in [0.1, 0.15) is 0 Å². The molecule has 1 aromatic carbocycles. The second-order valence-electron chi connectivity index (χ2n) is 3.86. The van der Waals surface area contributed by atoms with E-state index in [-0.39, 0.29) is 0 Å². The molecule has 2 heteroatoms. The predicted molar refractivity (Wildman–Crippen MR) is 50.5 cm³/mol. The molecule has 0 aromatic heterocycles. The van der Waals surface area contributed by atoms with Gasteiger partial charge in [0.2, 0.25) is 0 Å². The average Bonchev–Trinajstić information content (AvgIpc) is 2.36. The monoisotopic (exact) mass is 175 g/mol. The van der Waals surface area contributed by atoms with Crippen LogP contribution in [-0.4, -0.2) is 25.2 Å². The summed E-state index contributed by atoms with van der Waals surface area (Å²) in [6, 6.07) is 9.68. The topological polar surface area (TPSA) is 12.5 Å². The smallest absolute Gasteiger partial charge is 0.0664 e. The van der Waals surface area contributed by atoms with Crippen molar-refractivity contribution in [3.63, 3.8) is 0 Å². The number of nitrogens with zero attached hydrogens (tertiary/aromatic N) is 1. The third-order valence-corrected chi connectivity index (χ3v) is 3.25. The van der Waals surface area contributed by atoms with Gasteiger partial charge in [0.15, 0.2) is 0 Å². The van der Waals surface area contributed by atoms with Crippen molar-refractivity contribution in [3.8, 4) is 0 Å². The number of rotatable bonds is 0. The van der Waals surface area contributed by atoms with Gasteiger partial charge in [-0.25, -0.2) is 0 Å². The fourth-order valence-corrected chi connectivity index (χ4v) is 2.48. The summed E-state index contributed by atoms with van der Waals surface area (Å²) in [5, 5.41) is 0. The van der Waals surface area contributed by atoms with Gasteiger partial charge in [-0.1, -0.05) is 24.3 Å². The van der Waals surface area contributed by atoms with Crippen LogP contribution < -0.4 is 0 Å². The molecule has 2 atom stereocenters. The lowest BCUT2D eigenvalue weighted by Crippen LogP contribution is -2.32. The molecule has 1 fully saturated rings. The molecule has 2 nitrogen and oxygen atoms in total. The van der Waals surface area contributed by atoms with Crippen molar-refractivity contribution in [2.75, 3.05) is 20.3 Å². The lowest BCUT2D eigenvalue weighted by molar-refractivity contribution is -0.0216. The van der Waals surface area contributed by atoms with Crippen LogP contribution in [0, 0.1) is 0 Å².